The molecule has 0 atom stereocenters. The number of carbonyl (C=O) groups is 1. The van der Waals surface area contributed by atoms with Crippen LogP contribution in [-0.4, -0.2) is 36.3 Å². The molecule has 16 heavy (non-hydrogen) atoms. The van der Waals surface area contributed by atoms with Crippen LogP contribution in [0.25, 0.3) is 0 Å². The van der Waals surface area contributed by atoms with E-state index in [9.17, 15) is 4.79 Å². The Morgan fingerprint density at radius 3 is 3.12 bits per heavy atom. The van der Waals surface area contributed by atoms with Gasteiger partial charge < -0.3 is 11.1 Å². The van der Waals surface area contributed by atoms with Gasteiger partial charge in [-0.2, -0.15) is 10.3 Å². The molecule has 0 saturated carbocycles. The van der Waals surface area contributed by atoms with E-state index in [0.29, 0.717) is 11.6 Å². The van der Waals surface area contributed by atoms with Crippen molar-refractivity contribution < 1.29 is 4.79 Å². The van der Waals surface area contributed by atoms with Crippen LogP contribution in [0.3, 0.4) is 0 Å². The summed E-state index contributed by atoms with van der Waals surface area (Å²) in [5.41, 5.74) is 5.41. The number of rotatable bonds is 4. The molecular formula is C7H10N8O. The quantitative estimate of drug-likeness (QED) is 0.565. The fourth-order valence-electron chi connectivity index (χ4n) is 1.10. The summed E-state index contributed by atoms with van der Waals surface area (Å²) in [5.74, 6) is 0.604. The third-order valence-corrected chi connectivity index (χ3v) is 1.80. The van der Waals surface area contributed by atoms with Crippen LogP contribution in [0, 0.1) is 0 Å². The molecule has 0 unspecified atom stereocenters. The molecule has 1 amide bonds. The summed E-state index contributed by atoms with van der Waals surface area (Å²) in [6.45, 7) is 0.334. The first-order valence-corrected chi connectivity index (χ1v) is 4.52. The molecule has 84 valence electrons. The van der Waals surface area contributed by atoms with Crippen molar-refractivity contribution in [2.24, 2.45) is 0 Å². The molecule has 4 N–H and O–H groups in total. The van der Waals surface area contributed by atoms with Crippen molar-refractivity contribution in [1.82, 2.24) is 35.7 Å². The van der Waals surface area contributed by atoms with Crippen molar-refractivity contribution in [1.29, 1.82) is 0 Å². The fourth-order valence-corrected chi connectivity index (χ4v) is 1.10. The zero-order valence-corrected chi connectivity index (χ0v) is 8.29. The van der Waals surface area contributed by atoms with Crippen molar-refractivity contribution in [2.45, 2.75) is 13.1 Å². The zero-order valence-electron chi connectivity index (χ0n) is 8.29. The predicted octanol–water partition coefficient (Wildman–Crippen LogP) is -1.71. The topological polar surface area (TPSA) is 127 Å². The fraction of sp³-hybridized carbons (Fsp3) is 0.286. The van der Waals surface area contributed by atoms with Gasteiger partial charge in [0.1, 0.15) is 12.4 Å². The van der Waals surface area contributed by atoms with Crippen molar-refractivity contribution in [3.05, 3.63) is 18.1 Å². The molecular weight excluding hydrogens is 212 g/mol. The SMILES string of the molecule is Nc1ccn(CC(=O)NCc2nn[nH]n2)n1. The Hall–Kier alpha value is -2.45. The molecule has 0 spiro atoms. The number of nitrogen functional groups attached to an aromatic ring is 1. The number of anilines is 1. The Kier molecular flexibility index (Phi) is 2.76. The van der Waals surface area contributed by atoms with Crippen LogP contribution >= 0.6 is 0 Å². The van der Waals surface area contributed by atoms with Gasteiger partial charge in [0.05, 0.1) is 6.54 Å². The highest BCUT2D eigenvalue weighted by molar-refractivity contribution is 5.75. The zero-order chi connectivity index (χ0) is 11.4. The van der Waals surface area contributed by atoms with Crippen LogP contribution in [0.1, 0.15) is 5.82 Å². The number of aromatic amines is 1. The van der Waals surface area contributed by atoms with Crippen LogP contribution in [0.5, 0.6) is 0 Å². The maximum atomic E-state index is 11.4. The normalized spacial score (nSPS) is 10.2. The van der Waals surface area contributed by atoms with Crippen molar-refractivity contribution in [3.63, 3.8) is 0 Å². The lowest BCUT2D eigenvalue weighted by molar-refractivity contribution is -0.122. The number of nitrogens with one attached hydrogen (secondary N) is 2. The molecule has 0 aromatic carbocycles. The van der Waals surface area contributed by atoms with E-state index < -0.39 is 0 Å². The largest absolute Gasteiger partial charge is 0.382 e. The molecule has 9 nitrogen and oxygen atoms in total. The molecule has 2 heterocycles. The molecule has 0 saturated heterocycles. The second-order valence-electron chi connectivity index (χ2n) is 3.04. The maximum absolute atomic E-state index is 11.4. The van der Waals surface area contributed by atoms with Gasteiger partial charge in [0, 0.05) is 6.20 Å². The van der Waals surface area contributed by atoms with E-state index in [1.807, 2.05) is 0 Å². The van der Waals surface area contributed by atoms with Crippen LogP contribution < -0.4 is 11.1 Å². The van der Waals surface area contributed by atoms with E-state index in [1.165, 1.54) is 4.68 Å². The molecule has 0 aliphatic carbocycles. The first-order chi connectivity index (χ1) is 7.74. The second-order valence-corrected chi connectivity index (χ2v) is 3.04. The maximum Gasteiger partial charge on any atom is 0.242 e. The standard InChI is InChI=1S/C7H10N8O/c8-5-1-2-15(12-5)4-7(16)9-3-6-10-13-14-11-6/h1-2H,3-4H2,(H2,8,12)(H,9,16)(H,10,11,13,14). The summed E-state index contributed by atoms with van der Waals surface area (Å²) in [4.78, 5) is 11.4. The number of H-pyrrole nitrogens is 1. The summed E-state index contributed by atoms with van der Waals surface area (Å²) in [7, 11) is 0. The van der Waals surface area contributed by atoms with Gasteiger partial charge in [-0.3, -0.25) is 9.48 Å². The number of hydrogen-bond acceptors (Lipinski definition) is 6. The van der Waals surface area contributed by atoms with E-state index >= 15 is 0 Å². The summed E-state index contributed by atoms with van der Waals surface area (Å²) in [6, 6.07) is 1.62. The molecule has 0 aliphatic rings. The Morgan fingerprint density at radius 2 is 2.50 bits per heavy atom. The highest BCUT2D eigenvalue weighted by Gasteiger charge is 2.05. The Balaban J connectivity index is 1.81. The van der Waals surface area contributed by atoms with Gasteiger partial charge in [-0.25, -0.2) is 0 Å². The molecule has 2 rings (SSSR count). The molecule has 0 bridgehead atoms. The summed E-state index contributed by atoms with van der Waals surface area (Å²) >= 11 is 0. The number of aromatic nitrogens is 6. The van der Waals surface area contributed by atoms with Crippen LogP contribution in [-0.2, 0) is 17.9 Å². The molecule has 0 aliphatic heterocycles. The molecule has 0 fully saturated rings. The Labute approximate surface area is 90.0 Å². The highest BCUT2D eigenvalue weighted by atomic mass is 16.2. The lowest BCUT2D eigenvalue weighted by Gasteiger charge is -2.02. The third-order valence-electron chi connectivity index (χ3n) is 1.80. The minimum Gasteiger partial charge on any atom is -0.382 e. The van der Waals surface area contributed by atoms with Gasteiger partial charge in [-0.15, -0.1) is 10.2 Å². The third kappa shape index (κ3) is 2.53. The Morgan fingerprint density at radius 1 is 1.62 bits per heavy atom. The average Bonchev–Trinajstić information content (AvgIpc) is 2.87. The average molecular weight is 222 g/mol. The number of tetrazole rings is 1. The lowest BCUT2D eigenvalue weighted by atomic mass is 10.5. The van der Waals surface area contributed by atoms with Gasteiger partial charge >= 0.3 is 0 Å². The molecule has 0 radical (unpaired) electrons. The van der Waals surface area contributed by atoms with E-state index in [2.05, 4.69) is 31.0 Å². The van der Waals surface area contributed by atoms with Crippen LogP contribution in [0.2, 0.25) is 0 Å². The summed E-state index contributed by atoms with van der Waals surface area (Å²) in [6.07, 6.45) is 1.63. The first kappa shape index (κ1) is 10.1. The van der Waals surface area contributed by atoms with Crippen molar-refractivity contribution in [3.8, 4) is 0 Å². The second kappa shape index (κ2) is 4.38. The van der Waals surface area contributed by atoms with Gasteiger partial charge in [0.2, 0.25) is 5.91 Å². The van der Waals surface area contributed by atoms with Gasteiger partial charge in [-0.1, -0.05) is 5.21 Å². The van der Waals surface area contributed by atoms with Gasteiger partial charge in [-0.05, 0) is 6.07 Å². The smallest absolute Gasteiger partial charge is 0.242 e. The number of carbonyl (C=O) groups excluding carboxylic acids is 1. The first-order valence-electron chi connectivity index (χ1n) is 4.52. The lowest BCUT2D eigenvalue weighted by Crippen LogP contribution is -2.27. The minimum atomic E-state index is -0.201. The number of amides is 1. The molecule has 9 heteroatoms. The van der Waals surface area contributed by atoms with E-state index in [0.717, 1.165) is 0 Å². The summed E-state index contributed by atoms with van der Waals surface area (Å²) in [5, 5.41) is 19.5. The summed E-state index contributed by atoms with van der Waals surface area (Å²) < 4.78 is 1.45. The number of hydrogen-bond donors (Lipinski definition) is 3. The molecule has 2 aromatic heterocycles. The van der Waals surface area contributed by atoms with Crippen LogP contribution in [0.4, 0.5) is 5.82 Å². The van der Waals surface area contributed by atoms with Gasteiger partial charge in [0.25, 0.3) is 0 Å². The molecule has 2 aromatic rings. The van der Waals surface area contributed by atoms with E-state index in [1.54, 1.807) is 12.3 Å². The predicted molar refractivity (Wildman–Crippen MR) is 52.7 cm³/mol. The van der Waals surface area contributed by atoms with Crippen molar-refractivity contribution in [2.75, 3.05) is 5.73 Å². The Bertz CT molecular complexity index is 460. The highest BCUT2D eigenvalue weighted by Crippen LogP contribution is 1.95. The minimum absolute atomic E-state index is 0.106. The number of nitrogens with two attached hydrogens (primary N) is 1. The monoisotopic (exact) mass is 222 g/mol. The van der Waals surface area contributed by atoms with E-state index in [-0.39, 0.29) is 19.0 Å². The number of nitrogens with zero attached hydrogens (tertiary/aromatic N) is 5. The van der Waals surface area contributed by atoms with Crippen molar-refractivity contribution >= 4 is 11.7 Å². The van der Waals surface area contributed by atoms with Crippen LogP contribution in [0.15, 0.2) is 12.3 Å². The van der Waals surface area contributed by atoms with E-state index in [4.69, 9.17) is 5.73 Å². The van der Waals surface area contributed by atoms with Gasteiger partial charge in [0.15, 0.2) is 5.82 Å².